The molecule has 2 aromatic rings. The maximum Gasteiger partial charge on any atom is 0.223 e. The van der Waals surface area contributed by atoms with Gasteiger partial charge in [-0.1, -0.05) is 18.2 Å². The van der Waals surface area contributed by atoms with E-state index < -0.39 is 0 Å². The zero-order valence-electron chi connectivity index (χ0n) is 15.9. The molecule has 0 saturated carbocycles. The second-order valence-corrected chi connectivity index (χ2v) is 7.66. The second-order valence-electron chi connectivity index (χ2n) is 7.66. The predicted octanol–water partition coefficient (Wildman–Crippen LogP) is 2.93. The fourth-order valence-electron chi connectivity index (χ4n) is 3.99. The standard InChI is InChI=1S/C22H27N3O2/c1-16-12-19-13-17(5-6-21(19)27-16)14-24-22(26)18-7-10-25(11-8-18)15-20-4-2-3-9-23-20/h2-6,9,13,16,18H,7-8,10-12,14-15H2,1H3,(H,24,26). The Balaban J connectivity index is 1.24. The van der Waals surface area contributed by atoms with E-state index >= 15 is 0 Å². The number of rotatable bonds is 5. The van der Waals surface area contributed by atoms with Crippen molar-refractivity contribution in [2.75, 3.05) is 13.1 Å². The van der Waals surface area contributed by atoms with Gasteiger partial charge >= 0.3 is 0 Å². The first-order chi connectivity index (χ1) is 13.2. The molecule has 0 aliphatic carbocycles. The van der Waals surface area contributed by atoms with E-state index in [0.29, 0.717) is 6.54 Å². The number of carbonyl (C=O) groups is 1. The van der Waals surface area contributed by atoms with Gasteiger partial charge in [0.05, 0.1) is 5.69 Å². The number of likely N-dealkylation sites (tertiary alicyclic amines) is 1. The third kappa shape index (κ3) is 4.48. The molecule has 0 radical (unpaired) electrons. The first-order valence-electron chi connectivity index (χ1n) is 9.86. The molecule has 1 aromatic carbocycles. The maximum atomic E-state index is 12.6. The number of pyridine rings is 1. The second kappa shape index (κ2) is 8.09. The summed E-state index contributed by atoms with van der Waals surface area (Å²) in [5, 5.41) is 3.12. The van der Waals surface area contributed by atoms with Crippen molar-refractivity contribution < 1.29 is 9.53 Å². The molecule has 1 unspecified atom stereocenters. The Hall–Kier alpha value is -2.40. The van der Waals surface area contributed by atoms with Crippen LogP contribution in [-0.4, -0.2) is 35.0 Å². The van der Waals surface area contributed by atoms with Gasteiger partial charge < -0.3 is 10.1 Å². The topological polar surface area (TPSA) is 54.5 Å². The molecule has 3 heterocycles. The lowest BCUT2D eigenvalue weighted by atomic mass is 9.95. The van der Waals surface area contributed by atoms with E-state index in [1.54, 1.807) is 0 Å². The van der Waals surface area contributed by atoms with Crippen LogP contribution in [0.1, 0.15) is 36.6 Å². The number of piperidine rings is 1. The van der Waals surface area contributed by atoms with Crippen LogP contribution < -0.4 is 10.1 Å². The van der Waals surface area contributed by atoms with Crippen molar-refractivity contribution in [2.24, 2.45) is 5.92 Å². The van der Waals surface area contributed by atoms with Crippen molar-refractivity contribution in [3.63, 3.8) is 0 Å². The minimum atomic E-state index is 0.114. The summed E-state index contributed by atoms with van der Waals surface area (Å²) in [5.41, 5.74) is 3.49. The van der Waals surface area contributed by atoms with Crippen molar-refractivity contribution >= 4 is 5.91 Å². The number of hydrogen-bond donors (Lipinski definition) is 1. The predicted molar refractivity (Wildman–Crippen MR) is 104 cm³/mol. The molecule has 142 valence electrons. The van der Waals surface area contributed by atoms with E-state index in [0.717, 1.165) is 55.9 Å². The van der Waals surface area contributed by atoms with E-state index in [1.165, 1.54) is 5.56 Å². The average molecular weight is 365 g/mol. The fraction of sp³-hybridized carbons (Fsp3) is 0.455. The van der Waals surface area contributed by atoms with Crippen LogP contribution in [0.25, 0.3) is 0 Å². The van der Waals surface area contributed by atoms with E-state index in [1.807, 2.05) is 30.5 Å². The molecule has 5 nitrogen and oxygen atoms in total. The molecule has 1 saturated heterocycles. The number of fused-ring (bicyclic) bond motifs is 1. The first kappa shape index (κ1) is 18.0. The van der Waals surface area contributed by atoms with Crippen LogP contribution in [0, 0.1) is 5.92 Å². The molecule has 1 atom stereocenters. The zero-order valence-corrected chi connectivity index (χ0v) is 15.9. The SMILES string of the molecule is CC1Cc2cc(CNC(=O)C3CCN(Cc4ccccn4)CC3)ccc2O1. The average Bonchev–Trinajstić information content (AvgIpc) is 3.07. The van der Waals surface area contributed by atoms with Crippen molar-refractivity contribution in [3.05, 3.63) is 59.4 Å². The van der Waals surface area contributed by atoms with Crippen LogP contribution in [0.15, 0.2) is 42.6 Å². The lowest BCUT2D eigenvalue weighted by Crippen LogP contribution is -2.40. The maximum absolute atomic E-state index is 12.6. The highest BCUT2D eigenvalue weighted by molar-refractivity contribution is 5.78. The highest BCUT2D eigenvalue weighted by atomic mass is 16.5. The summed E-state index contributed by atoms with van der Waals surface area (Å²) in [5.74, 6) is 1.28. The highest BCUT2D eigenvalue weighted by Crippen LogP contribution is 2.29. The minimum absolute atomic E-state index is 0.114. The van der Waals surface area contributed by atoms with Crippen molar-refractivity contribution in [1.82, 2.24) is 15.2 Å². The summed E-state index contributed by atoms with van der Waals surface area (Å²) in [6.07, 6.45) is 4.86. The molecule has 1 aromatic heterocycles. The lowest BCUT2D eigenvalue weighted by Gasteiger charge is -2.31. The lowest BCUT2D eigenvalue weighted by molar-refractivity contribution is -0.126. The molecule has 1 fully saturated rings. The summed E-state index contributed by atoms with van der Waals surface area (Å²) in [6.45, 7) is 5.44. The molecule has 5 heteroatoms. The van der Waals surface area contributed by atoms with Crippen LogP contribution in [0.5, 0.6) is 5.75 Å². The van der Waals surface area contributed by atoms with Gasteiger partial charge in [-0.3, -0.25) is 14.7 Å². The van der Waals surface area contributed by atoms with Crippen LogP contribution in [0.3, 0.4) is 0 Å². The quantitative estimate of drug-likeness (QED) is 0.885. The number of aromatic nitrogens is 1. The normalized spacial score (nSPS) is 20.1. The highest BCUT2D eigenvalue weighted by Gasteiger charge is 2.25. The summed E-state index contributed by atoms with van der Waals surface area (Å²) in [6, 6.07) is 12.3. The van der Waals surface area contributed by atoms with E-state index in [-0.39, 0.29) is 17.9 Å². The number of nitrogens with zero attached hydrogens (tertiary/aromatic N) is 2. The van der Waals surface area contributed by atoms with Crippen LogP contribution in [-0.2, 0) is 24.3 Å². The summed E-state index contributed by atoms with van der Waals surface area (Å²) in [4.78, 5) is 19.3. The molecule has 0 spiro atoms. The number of carbonyl (C=O) groups excluding carboxylic acids is 1. The molecular weight excluding hydrogens is 338 g/mol. The Morgan fingerprint density at radius 1 is 1.26 bits per heavy atom. The largest absolute Gasteiger partial charge is 0.490 e. The fourth-order valence-corrected chi connectivity index (χ4v) is 3.99. The van der Waals surface area contributed by atoms with Crippen molar-refractivity contribution in [2.45, 2.75) is 45.4 Å². The third-order valence-electron chi connectivity index (χ3n) is 5.50. The first-order valence-corrected chi connectivity index (χ1v) is 9.86. The Kier molecular flexibility index (Phi) is 5.39. The number of nitrogens with one attached hydrogen (secondary N) is 1. The van der Waals surface area contributed by atoms with Gasteiger partial charge in [-0.25, -0.2) is 0 Å². The van der Waals surface area contributed by atoms with Gasteiger partial charge in [0, 0.05) is 31.6 Å². The molecule has 1 amide bonds. The molecule has 0 bridgehead atoms. The van der Waals surface area contributed by atoms with Crippen molar-refractivity contribution in [1.29, 1.82) is 0 Å². The van der Waals surface area contributed by atoms with Crippen LogP contribution >= 0.6 is 0 Å². The Bertz CT molecular complexity index is 785. The number of ether oxygens (including phenoxy) is 1. The molecule has 2 aliphatic heterocycles. The van der Waals surface area contributed by atoms with Gasteiger partial charge in [-0.2, -0.15) is 0 Å². The van der Waals surface area contributed by atoms with Crippen LogP contribution in [0.2, 0.25) is 0 Å². The molecule has 1 N–H and O–H groups in total. The number of benzene rings is 1. The molecule has 4 rings (SSSR count). The third-order valence-corrected chi connectivity index (χ3v) is 5.50. The summed E-state index contributed by atoms with van der Waals surface area (Å²) >= 11 is 0. The van der Waals surface area contributed by atoms with Gasteiger partial charge in [0.25, 0.3) is 0 Å². The molecule has 27 heavy (non-hydrogen) atoms. The van der Waals surface area contributed by atoms with E-state index in [4.69, 9.17) is 4.74 Å². The number of hydrogen-bond acceptors (Lipinski definition) is 4. The Labute approximate surface area is 160 Å². The van der Waals surface area contributed by atoms with Gasteiger partial charge in [0.1, 0.15) is 11.9 Å². The smallest absolute Gasteiger partial charge is 0.223 e. The van der Waals surface area contributed by atoms with Gasteiger partial charge in [-0.05, 0) is 62.2 Å². The molecular formula is C22H27N3O2. The van der Waals surface area contributed by atoms with Crippen molar-refractivity contribution in [3.8, 4) is 5.75 Å². The van der Waals surface area contributed by atoms with Gasteiger partial charge in [0.2, 0.25) is 5.91 Å². The number of amides is 1. The minimum Gasteiger partial charge on any atom is -0.490 e. The monoisotopic (exact) mass is 365 g/mol. The summed E-state index contributed by atoms with van der Waals surface area (Å²) < 4.78 is 5.74. The van der Waals surface area contributed by atoms with Gasteiger partial charge in [-0.15, -0.1) is 0 Å². The summed E-state index contributed by atoms with van der Waals surface area (Å²) in [7, 11) is 0. The van der Waals surface area contributed by atoms with E-state index in [9.17, 15) is 4.79 Å². The zero-order chi connectivity index (χ0) is 18.6. The van der Waals surface area contributed by atoms with E-state index in [2.05, 4.69) is 34.3 Å². The Morgan fingerprint density at radius 3 is 2.89 bits per heavy atom. The van der Waals surface area contributed by atoms with Gasteiger partial charge in [0.15, 0.2) is 0 Å². The Morgan fingerprint density at radius 2 is 2.11 bits per heavy atom. The molecule has 2 aliphatic rings. The van der Waals surface area contributed by atoms with Crippen LogP contribution in [0.4, 0.5) is 0 Å².